The zero-order valence-corrected chi connectivity index (χ0v) is 11.7. The van der Waals surface area contributed by atoms with E-state index in [1.165, 1.54) is 0 Å². The van der Waals surface area contributed by atoms with E-state index in [4.69, 9.17) is 5.26 Å². The number of hydrogen-bond acceptors (Lipinski definition) is 2. The molecule has 0 saturated heterocycles. The summed E-state index contributed by atoms with van der Waals surface area (Å²) in [6, 6.07) is 12.0. The maximum Gasteiger partial charge on any atom is 0.222 e. The van der Waals surface area contributed by atoms with Gasteiger partial charge in [-0.15, -0.1) is 0 Å². The van der Waals surface area contributed by atoms with Gasteiger partial charge in [0.25, 0.3) is 0 Å². The molecule has 1 aromatic carbocycles. The zero-order chi connectivity index (χ0) is 14.3. The molecule has 0 aliphatic rings. The second-order valence-corrected chi connectivity index (χ2v) is 4.88. The van der Waals surface area contributed by atoms with Crippen molar-refractivity contribution in [2.24, 2.45) is 0 Å². The van der Waals surface area contributed by atoms with Crippen molar-refractivity contribution in [3.63, 3.8) is 0 Å². The average molecular weight is 256 g/mol. The Hall–Kier alpha value is -2.08. The molecule has 1 rings (SSSR count). The van der Waals surface area contributed by atoms with E-state index in [0.717, 1.165) is 5.56 Å². The lowest BCUT2D eigenvalue weighted by Gasteiger charge is -2.20. The van der Waals surface area contributed by atoms with Gasteiger partial charge in [0.15, 0.2) is 0 Å². The Balaban J connectivity index is 2.64. The summed E-state index contributed by atoms with van der Waals surface area (Å²) in [6.07, 6.45) is 3.83. The van der Waals surface area contributed by atoms with Crippen LogP contribution in [0.5, 0.6) is 0 Å². The van der Waals surface area contributed by atoms with E-state index in [0.29, 0.717) is 6.42 Å². The summed E-state index contributed by atoms with van der Waals surface area (Å²) in [6.45, 7) is 5.53. The van der Waals surface area contributed by atoms with Crippen molar-refractivity contribution in [3.05, 3.63) is 48.0 Å². The molecule has 3 nitrogen and oxygen atoms in total. The van der Waals surface area contributed by atoms with Gasteiger partial charge in [-0.05, 0) is 31.4 Å². The van der Waals surface area contributed by atoms with Crippen LogP contribution in [0, 0.1) is 11.3 Å². The standard InChI is InChI=1S/C16H20N2O/c1-4-10-16(3,12-17)18-15(19)11-13(2)14-8-6-5-7-9-14/h4-10,13H,11H2,1-3H3,(H,18,19)/b10-4-/t13-,16?/m1/s1. The summed E-state index contributed by atoms with van der Waals surface area (Å²) in [5, 5.41) is 11.9. The first-order chi connectivity index (χ1) is 9.00. The number of carbonyl (C=O) groups excluding carboxylic acids is 1. The fraction of sp³-hybridized carbons (Fsp3) is 0.375. The number of hydrogen-bond donors (Lipinski definition) is 1. The molecule has 1 N–H and O–H groups in total. The monoisotopic (exact) mass is 256 g/mol. The number of nitrogens with zero attached hydrogens (tertiary/aromatic N) is 1. The summed E-state index contributed by atoms with van der Waals surface area (Å²) in [4.78, 5) is 12.0. The quantitative estimate of drug-likeness (QED) is 0.823. The molecule has 2 atom stereocenters. The predicted molar refractivity (Wildman–Crippen MR) is 76.4 cm³/mol. The Bertz CT molecular complexity index is 487. The summed E-state index contributed by atoms with van der Waals surface area (Å²) in [7, 11) is 0. The molecule has 1 aromatic rings. The molecule has 0 fully saturated rings. The Morgan fingerprint density at radius 1 is 1.47 bits per heavy atom. The predicted octanol–water partition coefficient (Wildman–Crippen LogP) is 3.15. The molecule has 0 radical (unpaired) electrons. The number of carbonyl (C=O) groups is 1. The topological polar surface area (TPSA) is 52.9 Å². The number of rotatable bonds is 5. The van der Waals surface area contributed by atoms with Gasteiger partial charge in [0, 0.05) is 6.42 Å². The van der Waals surface area contributed by atoms with Gasteiger partial charge in [-0.1, -0.05) is 43.3 Å². The fourth-order valence-electron chi connectivity index (χ4n) is 1.96. The SMILES string of the molecule is C/C=C\C(C)(C#N)NC(=O)C[C@@H](C)c1ccccc1. The van der Waals surface area contributed by atoms with Gasteiger partial charge in [0.1, 0.15) is 5.54 Å². The number of benzene rings is 1. The van der Waals surface area contributed by atoms with Crippen LogP contribution in [-0.4, -0.2) is 11.4 Å². The van der Waals surface area contributed by atoms with Crippen molar-refractivity contribution in [1.29, 1.82) is 5.26 Å². The lowest BCUT2D eigenvalue weighted by atomic mass is 9.96. The number of amides is 1. The van der Waals surface area contributed by atoms with Crippen LogP contribution in [0.3, 0.4) is 0 Å². The molecule has 0 aromatic heterocycles. The minimum atomic E-state index is -0.928. The van der Waals surface area contributed by atoms with Crippen molar-refractivity contribution in [3.8, 4) is 6.07 Å². The Labute approximate surface area is 114 Å². The van der Waals surface area contributed by atoms with E-state index in [1.54, 1.807) is 19.1 Å². The molecule has 0 aliphatic carbocycles. The summed E-state index contributed by atoms with van der Waals surface area (Å²) >= 11 is 0. The van der Waals surface area contributed by atoms with Gasteiger partial charge in [0.2, 0.25) is 5.91 Å². The van der Waals surface area contributed by atoms with E-state index in [9.17, 15) is 4.79 Å². The maximum absolute atomic E-state index is 12.0. The molecule has 1 unspecified atom stereocenters. The van der Waals surface area contributed by atoms with Crippen molar-refractivity contribution in [1.82, 2.24) is 5.32 Å². The lowest BCUT2D eigenvalue weighted by Crippen LogP contribution is -2.43. The Morgan fingerprint density at radius 3 is 2.63 bits per heavy atom. The first kappa shape index (κ1) is 15.0. The Morgan fingerprint density at radius 2 is 2.11 bits per heavy atom. The molecule has 0 spiro atoms. The largest absolute Gasteiger partial charge is 0.335 e. The summed E-state index contributed by atoms with van der Waals surface area (Å²) in [5.41, 5.74) is 0.199. The minimum Gasteiger partial charge on any atom is -0.335 e. The van der Waals surface area contributed by atoms with Crippen LogP contribution in [0.2, 0.25) is 0 Å². The van der Waals surface area contributed by atoms with Crippen molar-refractivity contribution < 1.29 is 4.79 Å². The smallest absolute Gasteiger partial charge is 0.222 e. The van der Waals surface area contributed by atoms with Crippen LogP contribution in [0.25, 0.3) is 0 Å². The zero-order valence-electron chi connectivity index (χ0n) is 11.7. The van der Waals surface area contributed by atoms with Crippen LogP contribution >= 0.6 is 0 Å². The van der Waals surface area contributed by atoms with E-state index in [2.05, 4.69) is 11.4 Å². The highest BCUT2D eigenvalue weighted by atomic mass is 16.1. The number of nitrogens with one attached hydrogen (secondary N) is 1. The second-order valence-electron chi connectivity index (χ2n) is 4.88. The third-order valence-corrected chi connectivity index (χ3v) is 2.99. The van der Waals surface area contributed by atoms with Crippen molar-refractivity contribution in [2.45, 2.75) is 38.6 Å². The van der Waals surface area contributed by atoms with Crippen molar-refractivity contribution >= 4 is 5.91 Å². The van der Waals surface area contributed by atoms with Gasteiger partial charge in [-0.3, -0.25) is 4.79 Å². The first-order valence-corrected chi connectivity index (χ1v) is 6.42. The average Bonchev–Trinajstić information content (AvgIpc) is 2.39. The molecule has 0 bridgehead atoms. The molecule has 0 aliphatic heterocycles. The highest BCUT2D eigenvalue weighted by Crippen LogP contribution is 2.18. The molecule has 19 heavy (non-hydrogen) atoms. The van der Waals surface area contributed by atoms with Crippen LogP contribution in [0.4, 0.5) is 0 Å². The van der Waals surface area contributed by atoms with Gasteiger partial charge in [-0.25, -0.2) is 0 Å². The molecule has 1 amide bonds. The highest BCUT2D eigenvalue weighted by molar-refractivity contribution is 5.78. The molecular formula is C16H20N2O. The number of allylic oxidation sites excluding steroid dienone is 1. The van der Waals surface area contributed by atoms with Gasteiger partial charge in [-0.2, -0.15) is 5.26 Å². The van der Waals surface area contributed by atoms with Crippen LogP contribution in [0.1, 0.15) is 38.7 Å². The first-order valence-electron chi connectivity index (χ1n) is 6.42. The molecule has 0 heterocycles. The molecule has 3 heteroatoms. The lowest BCUT2D eigenvalue weighted by molar-refractivity contribution is -0.122. The summed E-state index contributed by atoms with van der Waals surface area (Å²) < 4.78 is 0. The molecular weight excluding hydrogens is 236 g/mol. The number of nitriles is 1. The van der Waals surface area contributed by atoms with Crippen LogP contribution in [0.15, 0.2) is 42.5 Å². The van der Waals surface area contributed by atoms with Gasteiger partial charge in [0.05, 0.1) is 6.07 Å². The van der Waals surface area contributed by atoms with E-state index < -0.39 is 5.54 Å². The molecule has 100 valence electrons. The Kier molecular flexibility index (Phi) is 5.32. The normalized spacial score (nSPS) is 15.5. The minimum absolute atomic E-state index is 0.112. The van der Waals surface area contributed by atoms with Gasteiger partial charge < -0.3 is 5.32 Å². The fourth-order valence-corrected chi connectivity index (χ4v) is 1.96. The highest BCUT2D eigenvalue weighted by Gasteiger charge is 2.23. The molecule has 0 saturated carbocycles. The van der Waals surface area contributed by atoms with E-state index in [1.807, 2.05) is 44.2 Å². The maximum atomic E-state index is 12.0. The van der Waals surface area contributed by atoms with E-state index >= 15 is 0 Å². The van der Waals surface area contributed by atoms with Crippen molar-refractivity contribution in [2.75, 3.05) is 0 Å². The second kappa shape index (κ2) is 6.75. The summed E-state index contributed by atoms with van der Waals surface area (Å²) in [5.74, 6) is 0.0215. The van der Waals surface area contributed by atoms with Gasteiger partial charge >= 0.3 is 0 Å². The van der Waals surface area contributed by atoms with Crippen LogP contribution < -0.4 is 5.32 Å². The third kappa shape index (κ3) is 4.59. The van der Waals surface area contributed by atoms with Crippen LogP contribution in [-0.2, 0) is 4.79 Å². The van der Waals surface area contributed by atoms with E-state index in [-0.39, 0.29) is 11.8 Å². The third-order valence-electron chi connectivity index (χ3n) is 2.99.